The zero-order valence-electron chi connectivity index (χ0n) is 15.7. The van der Waals surface area contributed by atoms with Crippen LogP contribution in [0.5, 0.6) is 0 Å². The first-order chi connectivity index (χ1) is 13.9. The maximum Gasteiger partial charge on any atom is 0.293 e. The highest BCUT2D eigenvalue weighted by atomic mass is 16.6. The van der Waals surface area contributed by atoms with Crippen LogP contribution in [-0.4, -0.2) is 47.7 Å². The number of nitro benzene ring substituents is 1. The van der Waals surface area contributed by atoms with Gasteiger partial charge in [0, 0.05) is 37.5 Å². The molecule has 3 amide bonds. The Morgan fingerprint density at radius 3 is 2.41 bits per heavy atom. The third-order valence-corrected chi connectivity index (χ3v) is 5.23. The fraction of sp³-hybridized carbons (Fsp3) is 0.250. The van der Waals surface area contributed by atoms with E-state index in [1.807, 2.05) is 4.90 Å². The van der Waals surface area contributed by atoms with E-state index in [-0.39, 0.29) is 22.4 Å². The average molecular weight is 394 g/mol. The van der Waals surface area contributed by atoms with Crippen molar-refractivity contribution in [1.82, 2.24) is 4.90 Å². The summed E-state index contributed by atoms with van der Waals surface area (Å²) in [5, 5.41) is 14.1. The van der Waals surface area contributed by atoms with Crippen LogP contribution in [0.1, 0.15) is 43.9 Å². The van der Waals surface area contributed by atoms with Gasteiger partial charge in [0.1, 0.15) is 5.69 Å². The Balaban J connectivity index is 1.59. The molecule has 2 aliphatic heterocycles. The summed E-state index contributed by atoms with van der Waals surface area (Å²) in [4.78, 5) is 50.7. The van der Waals surface area contributed by atoms with Gasteiger partial charge in [-0.3, -0.25) is 29.4 Å². The average Bonchev–Trinajstić information content (AvgIpc) is 3.32. The van der Waals surface area contributed by atoms with Gasteiger partial charge in [-0.15, -0.1) is 0 Å². The quantitative estimate of drug-likeness (QED) is 0.485. The van der Waals surface area contributed by atoms with E-state index in [1.165, 1.54) is 31.3 Å². The second-order valence-corrected chi connectivity index (χ2v) is 7.04. The maximum atomic E-state index is 12.6. The Hall–Kier alpha value is -3.75. The predicted octanol–water partition coefficient (Wildman–Crippen LogP) is 2.67. The summed E-state index contributed by atoms with van der Waals surface area (Å²) in [5.74, 6) is -1.37. The molecule has 0 saturated carbocycles. The number of nitrogens with one attached hydrogen (secondary N) is 1. The van der Waals surface area contributed by atoms with Gasteiger partial charge in [-0.25, -0.2) is 0 Å². The van der Waals surface area contributed by atoms with Crippen molar-refractivity contribution in [1.29, 1.82) is 0 Å². The molecule has 0 unspecified atom stereocenters. The largest absolute Gasteiger partial charge is 0.366 e. The van der Waals surface area contributed by atoms with Crippen molar-refractivity contribution < 1.29 is 19.3 Å². The Bertz CT molecular complexity index is 1060. The SMILES string of the molecule is CN1C(=O)c2ccc(NC(=O)c3ccc(N4CCCC4)c([N+](=O)[O-])c3)cc2C1=O. The minimum Gasteiger partial charge on any atom is -0.366 e. The van der Waals surface area contributed by atoms with E-state index >= 15 is 0 Å². The van der Waals surface area contributed by atoms with E-state index in [9.17, 15) is 24.5 Å². The Morgan fingerprint density at radius 2 is 1.72 bits per heavy atom. The van der Waals surface area contributed by atoms with Crippen LogP contribution in [0.25, 0.3) is 0 Å². The van der Waals surface area contributed by atoms with Gasteiger partial charge >= 0.3 is 0 Å². The topological polar surface area (TPSA) is 113 Å². The smallest absolute Gasteiger partial charge is 0.293 e. The number of fused-ring (bicyclic) bond motifs is 1. The van der Waals surface area contributed by atoms with E-state index in [0.717, 1.165) is 30.8 Å². The molecule has 0 aliphatic carbocycles. The molecule has 0 bridgehead atoms. The number of nitrogens with zero attached hydrogens (tertiary/aromatic N) is 3. The number of carbonyl (C=O) groups excluding carboxylic acids is 3. The van der Waals surface area contributed by atoms with E-state index in [0.29, 0.717) is 11.4 Å². The first-order valence-electron chi connectivity index (χ1n) is 9.18. The van der Waals surface area contributed by atoms with Crippen LogP contribution in [0.2, 0.25) is 0 Å². The van der Waals surface area contributed by atoms with Crippen LogP contribution >= 0.6 is 0 Å². The lowest BCUT2D eigenvalue weighted by Crippen LogP contribution is -2.24. The van der Waals surface area contributed by atoms with Crippen LogP contribution in [0, 0.1) is 10.1 Å². The normalized spacial score (nSPS) is 15.6. The highest BCUT2D eigenvalue weighted by Crippen LogP contribution is 2.32. The number of rotatable bonds is 4. The summed E-state index contributed by atoms with van der Waals surface area (Å²) in [6, 6.07) is 8.84. The van der Waals surface area contributed by atoms with E-state index < -0.39 is 22.6 Å². The molecule has 1 N–H and O–H groups in total. The number of amides is 3. The molecule has 0 aromatic heterocycles. The molecule has 2 heterocycles. The van der Waals surface area contributed by atoms with Crippen molar-refractivity contribution in [3.8, 4) is 0 Å². The molecule has 0 spiro atoms. The van der Waals surface area contributed by atoms with Crippen molar-refractivity contribution >= 4 is 34.8 Å². The van der Waals surface area contributed by atoms with Crippen molar-refractivity contribution in [3.05, 3.63) is 63.2 Å². The molecule has 9 nitrogen and oxygen atoms in total. The molecule has 0 radical (unpaired) electrons. The van der Waals surface area contributed by atoms with Crippen molar-refractivity contribution in [2.75, 3.05) is 30.4 Å². The predicted molar refractivity (Wildman–Crippen MR) is 105 cm³/mol. The van der Waals surface area contributed by atoms with Crippen LogP contribution in [0.3, 0.4) is 0 Å². The zero-order valence-corrected chi connectivity index (χ0v) is 15.7. The van der Waals surface area contributed by atoms with Gasteiger partial charge in [-0.1, -0.05) is 0 Å². The molecule has 2 aliphatic rings. The summed E-state index contributed by atoms with van der Waals surface area (Å²) >= 11 is 0. The van der Waals surface area contributed by atoms with Gasteiger partial charge in [0.2, 0.25) is 0 Å². The standard InChI is InChI=1S/C20H18N4O5/c1-22-19(26)14-6-5-13(11-15(14)20(22)27)21-18(25)12-4-7-16(17(10-12)24(28)29)23-8-2-3-9-23/h4-7,10-11H,2-3,8-9H2,1H3,(H,21,25). The van der Waals surface area contributed by atoms with Gasteiger partial charge in [0.15, 0.2) is 0 Å². The summed E-state index contributed by atoms with van der Waals surface area (Å²) in [6.07, 6.45) is 1.96. The number of hydrogen-bond donors (Lipinski definition) is 1. The third-order valence-electron chi connectivity index (χ3n) is 5.23. The maximum absolute atomic E-state index is 12.6. The molecule has 2 aromatic rings. The fourth-order valence-corrected chi connectivity index (χ4v) is 3.68. The summed E-state index contributed by atoms with van der Waals surface area (Å²) in [7, 11) is 1.39. The third kappa shape index (κ3) is 3.20. The fourth-order valence-electron chi connectivity index (χ4n) is 3.68. The molecule has 2 aromatic carbocycles. The van der Waals surface area contributed by atoms with E-state index in [1.54, 1.807) is 12.1 Å². The van der Waals surface area contributed by atoms with Gasteiger partial charge in [0.05, 0.1) is 16.1 Å². The number of nitro groups is 1. The van der Waals surface area contributed by atoms with Gasteiger partial charge in [0.25, 0.3) is 23.4 Å². The minimum atomic E-state index is -0.536. The van der Waals surface area contributed by atoms with E-state index in [2.05, 4.69) is 5.32 Å². The van der Waals surface area contributed by atoms with Crippen LogP contribution < -0.4 is 10.2 Å². The first kappa shape index (κ1) is 18.6. The highest BCUT2D eigenvalue weighted by molar-refractivity contribution is 6.21. The van der Waals surface area contributed by atoms with Gasteiger partial charge in [-0.2, -0.15) is 0 Å². The van der Waals surface area contributed by atoms with Gasteiger partial charge in [-0.05, 0) is 43.2 Å². The Morgan fingerprint density at radius 1 is 1.03 bits per heavy atom. The summed E-state index contributed by atoms with van der Waals surface area (Å²) < 4.78 is 0. The second-order valence-electron chi connectivity index (χ2n) is 7.04. The monoisotopic (exact) mass is 394 g/mol. The molecule has 1 saturated heterocycles. The molecule has 29 heavy (non-hydrogen) atoms. The lowest BCUT2D eigenvalue weighted by atomic mass is 10.1. The van der Waals surface area contributed by atoms with Crippen molar-refractivity contribution in [3.63, 3.8) is 0 Å². The molecular formula is C20H18N4O5. The number of anilines is 2. The van der Waals surface area contributed by atoms with Crippen molar-refractivity contribution in [2.45, 2.75) is 12.8 Å². The summed E-state index contributed by atoms with van der Waals surface area (Å²) in [6.45, 7) is 1.51. The molecule has 0 atom stereocenters. The molecular weight excluding hydrogens is 376 g/mol. The molecule has 9 heteroatoms. The number of imide groups is 1. The highest BCUT2D eigenvalue weighted by Gasteiger charge is 2.33. The minimum absolute atomic E-state index is 0.115. The van der Waals surface area contributed by atoms with Crippen molar-refractivity contribution in [2.24, 2.45) is 0 Å². The summed E-state index contributed by atoms with van der Waals surface area (Å²) in [5.41, 5.74) is 1.35. The number of hydrogen-bond acceptors (Lipinski definition) is 6. The second kappa shape index (κ2) is 7.01. The number of carbonyl (C=O) groups is 3. The zero-order chi connectivity index (χ0) is 20.7. The lowest BCUT2D eigenvalue weighted by molar-refractivity contribution is -0.384. The lowest BCUT2D eigenvalue weighted by Gasteiger charge is -2.17. The first-order valence-corrected chi connectivity index (χ1v) is 9.18. The molecule has 4 rings (SSSR count). The van der Waals surface area contributed by atoms with Crippen LogP contribution in [0.15, 0.2) is 36.4 Å². The molecule has 148 valence electrons. The Kier molecular flexibility index (Phi) is 4.50. The van der Waals surface area contributed by atoms with E-state index in [4.69, 9.17) is 0 Å². The van der Waals surface area contributed by atoms with Crippen LogP contribution in [0.4, 0.5) is 17.1 Å². The number of benzene rings is 2. The Labute approximate surface area is 166 Å². The molecule has 1 fully saturated rings. The van der Waals surface area contributed by atoms with Gasteiger partial charge < -0.3 is 10.2 Å². The van der Waals surface area contributed by atoms with Crippen LogP contribution in [-0.2, 0) is 0 Å².